The third-order valence-corrected chi connectivity index (χ3v) is 3.76. The van der Waals surface area contributed by atoms with E-state index in [1.165, 1.54) is 0 Å². The molecule has 0 saturated carbocycles. The lowest BCUT2D eigenvalue weighted by Gasteiger charge is -2.34. The van der Waals surface area contributed by atoms with E-state index in [4.69, 9.17) is 0 Å². The number of hydrogen-bond donors (Lipinski definition) is 0. The van der Waals surface area contributed by atoms with Crippen molar-refractivity contribution in [1.82, 2.24) is 4.90 Å². The zero-order valence-corrected chi connectivity index (χ0v) is 12.0. The highest BCUT2D eigenvalue weighted by Crippen LogP contribution is 2.17. The highest BCUT2D eigenvalue weighted by molar-refractivity contribution is 5.96. The topological polar surface area (TPSA) is 20.3 Å². The molecule has 0 spiro atoms. The highest BCUT2D eigenvalue weighted by Gasteiger charge is 2.21. The van der Waals surface area contributed by atoms with Crippen molar-refractivity contribution in [3.8, 4) is 0 Å². The molecule has 0 aliphatic carbocycles. The van der Waals surface area contributed by atoms with Crippen LogP contribution in [0.1, 0.15) is 44.0 Å². The summed E-state index contributed by atoms with van der Waals surface area (Å²) < 4.78 is 26.1. The lowest BCUT2D eigenvalue weighted by Crippen LogP contribution is -2.41. The van der Waals surface area contributed by atoms with Gasteiger partial charge in [0, 0.05) is 30.1 Å². The Kier molecular flexibility index (Phi) is 5.18. The third-order valence-electron chi connectivity index (χ3n) is 3.76. The average molecular weight is 269 g/mol. The molecule has 0 saturated heterocycles. The van der Waals surface area contributed by atoms with Crippen molar-refractivity contribution < 1.29 is 13.6 Å². The Morgan fingerprint density at radius 1 is 1.21 bits per heavy atom. The van der Waals surface area contributed by atoms with Crippen LogP contribution in [0, 0.1) is 11.6 Å². The van der Waals surface area contributed by atoms with Gasteiger partial charge in [-0.25, -0.2) is 8.78 Å². The maximum absolute atomic E-state index is 13.0. The van der Waals surface area contributed by atoms with Crippen LogP contribution < -0.4 is 0 Å². The first-order valence-electron chi connectivity index (χ1n) is 6.47. The number of carbonyl (C=O) groups is 1. The van der Waals surface area contributed by atoms with E-state index in [2.05, 4.69) is 25.7 Å². The van der Waals surface area contributed by atoms with Gasteiger partial charge in [-0.05, 0) is 39.4 Å². The maximum atomic E-state index is 13.0. The van der Waals surface area contributed by atoms with E-state index >= 15 is 0 Å². The van der Waals surface area contributed by atoms with Crippen LogP contribution in [0.15, 0.2) is 18.2 Å². The first-order valence-corrected chi connectivity index (χ1v) is 6.47. The number of nitrogens with zero attached hydrogens (tertiary/aromatic N) is 1. The Balaban J connectivity index is 2.66. The van der Waals surface area contributed by atoms with Crippen LogP contribution in [0.4, 0.5) is 8.78 Å². The van der Waals surface area contributed by atoms with Gasteiger partial charge in [0.25, 0.3) is 0 Å². The first kappa shape index (κ1) is 15.8. The van der Waals surface area contributed by atoms with E-state index in [9.17, 15) is 13.6 Å². The summed E-state index contributed by atoms with van der Waals surface area (Å²) in [4.78, 5) is 14.0. The Labute approximate surface area is 113 Å². The summed E-state index contributed by atoms with van der Waals surface area (Å²) in [5, 5.41) is 0. The number of halogens is 2. The summed E-state index contributed by atoms with van der Waals surface area (Å²) in [5.41, 5.74) is 0.105. The number of Topliss-reactive ketones (excluding diaryl/α,β-unsaturated/α-hetero) is 1. The lowest BCUT2D eigenvalue weighted by molar-refractivity contribution is 0.0928. The van der Waals surface area contributed by atoms with Crippen molar-refractivity contribution in [3.63, 3.8) is 0 Å². The minimum Gasteiger partial charge on any atom is -0.301 e. The number of rotatable bonds is 6. The van der Waals surface area contributed by atoms with Crippen LogP contribution in [0.5, 0.6) is 0 Å². The molecule has 0 radical (unpaired) electrons. The van der Waals surface area contributed by atoms with E-state index in [-0.39, 0.29) is 23.3 Å². The molecule has 0 atom stereocenters. The summed E-state index contributed by atoms with van der Waals surface area (Å²) in [6, 6.07) is 2.93. The van der Waals surface area contributed by atoms with Crippen molar-refractivity contribution in [3.05, 3.63) is 35.4 Å². The molecule has 19 heavy (non-hydrogen) atoms. The SMILES string of the molecule is CCC(C)(C)N(C)CCC(=O)c1cc(F)cc(F)c1. The van der Waals surface area contributed by atoms with Crippen LogP contribution in [0.25, 0.3) is 0 Å². The second-order valence-corrected chi connectivity index (χ2v) is 5.42. The Bertz CT molecular complexity index is 437. The van der Waals surface area contributed by atoms with Crippen molar-refractivity contribution >= 4 is 5.78 Å². The van der Waals surface area contributed by atoms with Gasteiger partial charge in [-0.15, -0.1) is 0 Å². The van der Waals surface area contributed by atoms with Gasteiger partial charge in [0.05, 0.1) is 0 Å². The van der Waals surface area contributed by atoms with Gasteiger partial charge in [0.15, 0.2) is 5.78 Å². The number of ketones is 1. The van der Waals surface area contributed by atoms with Gasteiger partial charge in [-0.1, -0.05) is 6.92 Å². The molecule has 0 heterocycles. The second kappa shape index (κ2) is 6.24. The van der Waals surface area contributed by atoms with Gasteiger partial charge >= 0.3 is 0 Å². The number of benzene rings is 1. The Morgan fingerprint density at radius 3 is 2.21 bits per heavy atom. The molecule has 4 heteroatoms. The van der Waals surface area contributed by atoms with Crippen molar-refractivity contribution in [2.45, 2.75) is 39.2 Å². The smallest absolute Gasteiger partial charge is 0.164 e. The summed E-state index contributed by atoms with van der Waals surface area (Å²) in [6.07, 6.45) is 1.22. The average Bonchev–Trinajstić information content (AvgIpc) is 2.34. The molecule has 106 valence electrons. The van der Waals surface area contributed by atoms with E-state index in [0.717, 1.165) is 24.6 Å². The van der Waals surface area contributed by atoms with Crippen LogP contribution in [-0.2, 0) is 0 Å². The second-order valence-electron chi connectivity index (χ2n) is 5.42. The predicted octanol–water partition coefficient (Wildman–Crippen LogP) is 3.66. The summed E-state index contributed by atoms with van der Waals surface area (Å²) >= 11 is 0. The van der Waals surface area contributed by atoms with Gasteiger partial charge in [-0.2, -0.15) is 0 Å². The molecule has 0 bridgehead atoms. The Morgan fingerprint density at radius 2 is 1.74 bits per heavy atom. The molecule has 0 aliphatic heterocycles. The van der Waals surface area contributed by atoms with E-state index < -0.39 is 11.6 Å². The van der Waals surface area contributed by atoms with E-state index in [0.29, 0.717) is 6.54 Å². The zero-order valence-electron chi connectivity index (χ0n) is 12.0. The first-order chi connectivity index (χ1) is 8.76. The Hall–Kier alpha value is -1.29. The van der Waals surface area contributed by atoms with E-state index in [1.807, 2.05) is 7.05 Å². The fourth-order valence-corrected chi connectivity index (χ4v) is 1.70. The molecule has 0 unspecified atom stereocenters. The van der Waals surface area contributed by atoms with Crippen LogP contribution in [0.2, 0.25) is 0 Å². The van der Waals surface area contributed by atoms with Crippen molar-refractivity contribution in [2.75, 3.05) is 13.6 Å². The fraction of sp³-hybridized carbons (Fsp3) is 0.533. The van der Waals surface area contributed by atoms with Gasteiger partial charge in [-0.3, -0.25) is 4.79 Å². The van der Waals surface area contributed by atoms with Crippen molar-refractivity contribution in [1.29, 1.82) is 0 Å². The van der Waals surface area contributed by atoms with Gasteiger partial charge in [0.1, 0.15) is 11.6 Å². The van der Waals surface area contributed by atoms with Crippen LogP contribution >= 0.6 is 0 Å². The lowest BCUT2D eigenvalue weighted by atomic mass is 9.99. The predicted molar refractivity (Wildman–Crippen MR) is 72.3 cm³/mol. The maximum Gasteiger partial charge on any atom is 0.164 e. The quantitative estimate of drug-likeness (QED) is 0.735. The van der Waals surface area contributed by atoms with Gasteiger partial charge < -0.3 is 4.90 Å². The summed E-state index contributed by atoms with van der Waals surface area (Å²) in [5.74, 6) is -1.67. The zero-order chi connectivity index (χ0) is 14.6. The molecule has 2 nitrogen and oxygen atoms in total. The number of hydrogen-bond acceptors (Lipinski definition) is 2. The molecule has 1 aromatic rings. The normalized spacial score (nSPS) is 11.9. The molecule has 0 amide bonds. The molecule has 0 fully saturated rings. The van der Waals surface area contributed by atoms with Crippen LogP contribution in [-0.4, -0.2) is 29.8 Å². The molecule has 0 N–H and O–H groups in total. The summed E-state index contributed by atoms with van der Waals surface area (Å²) in [7, 11) is 1.95. The van der Waals surface area contributed by atoms with Gasteiger partial charge in [0.2, 0.25) is 0 Å². The van der Waals surface area contributed by atoms with Crippen molar-refractivity contribution in [2.24, 2.45) is 0 Å². The van der Waals surface area contributed by atoms with Crippen LogP contribution in [0.3, 0.4) is 0 Å². The molecule has 0 aliphatic rings. The fourth-order valence-electron chi connectivity index (χ4n) is 1.70. The third kappa shape index (κ3) is 4.39. The molecule has 1 rings (SSSR count). The monoisotopic (exact) mass is 269 g/mol. The molecule has 0 aromatic heterocycles. The van der Waals surface area contributed by atoms with E-state index in [1.54, 1.807) is 0 Å². The molecule has 1 aromatic carbocycles. The largest absolute Gasteiger partial charge is 0.301 e. The molecular weight excluding hydrogens is 248 g/mol. The minimum atomic E-state index is -0.717. The molecular formula is C15H21F2NO. The number of carbonyl (C=O) groups excluding carboxylic acids is 1. The minimum absolute atomic E-state index is 0.00741. The highest BCUT2D eigenvalue weighted by atomic mass is 19.1. The standard InChI is InChI=1S/C15H21F2NO/c1-5-15(2,3)18(4)7-6-14(19)11-8-12(16)10-13(17)9-11/h8-10H,5-7H2,1-4H3. The summed E-state index contributed by atoms with van der Waals surface area (Å²) in [6.45, 7) is 6.84.